The number of nitrogens with zero attached hydrogens (tertiary/aromatic N) is 3. The fourth-order valence-electron chi connectivity index (χ4n) is 2.89. The van der Waals surface area contributed by atoms with E-state index in [2.05, 4.69) is 12.0 Å². The molecule has 2 aromatic rings. The third-order valence-corrected chi connectivity index (χ3v) is 4.13. The Kier molecular flexibility index (Phi) is 4.74. The molecule has 128 valence electrons. The fraction of sp³-hybridized carbons (Fsp3) is 0.444. The van der Waals surface area contributed by atoms with Crippen LogP contribution in [0.3, 0.4) is 0 Å². The lowest BCUT2D eigenvalue weighted by Gasteiger charge is -2.23. The molecular formula is C18H23N3O3. The van der Waals surface area contributed by atoms with Gasteiger partial charge in [0, 0.05) is 25.7 Å². The number of ether oxygens (including phenoxy) is 2. The van der Waals surface area contributed by atoms with Crippen molar-refractivity contribution in [2.24, 2.45) is 7.05 Å². The average molecular weight is 329 g/mol. The van der Waals surface area contributed by atoms with Gasteiger partial charge in [-0.1, -0.05) is 25.5 Å². The highest BCUT2D eigenvalue weighted by molar-refractivity contribution is 5.92. The van der Waals surface area contributed by atoms with E-state index in [1.54, 1.807) is 11.7 Å². The van der Waals surface area contributed by atoms with Crippen molar-refractivity contribution < 1.29 is 14.3 Å². The van der Waals surface area contributed by atoms with Crippen molar-refractivity contribution in [2.45, 2.75) is 33.2 Å². The molecule has 1 aromatic heterocycles. The third-order valence-electron chi connectivity index (χ3n) is 4.13. The van der Waals surface area contributed by atoms with Crippen LogP contribution in [0.5, 0.6) is 11.5 Å². The van der Waals surface area contributed by atoms with Crippen molar-refractivity contribution in [3.8, 4) is 11.5 Å². The van der Waals surface area contributed by atoms with Crippen molar-refractivity contribution >= 4 is 5.91 Å². The standard InChI is InChI=1S/C18H23N3O3/c1-4-5-9-21(18(22)15-10-13(2)19-20(15)3)11-14-7-6-8-16-17(14)24-12-23-16/h6-8,10H,4-5,9,11-12H2,1-3H3. The van der Waals surface area contributed by atoms with Gasteiger partial charge in [0.05, 0.1) is 5.69 Å². The van der Waals surface area contributed by atoms with E-state index in [0.717, 1.165) is 35.6 Å². The minimum absolute atomic E-state index is 0.0110. The number of unbranched alkanes of at least 4 members (excludes halogenated alkanes) is 1. The van der Waals surface area contributed by atoms with Crippen LogP contribution in [0.2, 0.25) is 0 Å². The van der Waals surface area contributed by atoms with Crippen LogP contribution in [-0.4, -0.2) is 33.9 Å². The molecule has 3 rings (SSSR count). The molecule has 0 spiro atoms. The number of aromatic nitrogens is 2. The van der Waals surface area contributed by atoms with E-state index in [1.807, 2.05) is 36.1 Å². The smallest absolute Gasteiger partial charge is 0.272 e. The van der Waals surface area contributed by atoms with Crippen LogP contribution < -0.4 is 9.47 Å². The molecule has 1 aromatic carbocycles. The van der Waals surface area contributed by atoms with Crippen LogP contribution in [0.4, 0.5) is 0 Å². The van der Waals surface area contributed by atoms with Crippen LogP contribution in [0.25, 0.3) is 0 Å². The Bertz CT molecular complexity index is 739. The topological polar surface area (TPSA) is 56.6 Å². The lowest BCUT2D eigenvalue weighted by molar-refractivity contribution is 0.0728. The van der Waals surface area contributed by atoms with Gasteiger partial charge in [-0.25, -0.2) is 0 Å². The lowest BCUT2D eigenvalue weighted by atomic mass is 10.1. The Labute approximate surface area is 142 Å². The molecule has 1 aliphatic heterocycles. The predicted molar refractivity (Wildman–Crippen MR) is 90.2 cm³/mol. The zero-order chi connectivity index (χ0) is 17.1. The van der Waals surface area contributed by atoms with E-state index in [-0.39, 0.29) is 12.7 Å². The summed E-state index contributed by atoms with van der Waals surface area (Å²) in [5.41, 5.74) is 2.41. The first-order valence-corrected chi connectivity index (χ1v) is 8.27. The summed E-state index contributed by atoms with van der Waals surface area (Å²) in [5.74, 6) is 1.47. The van der Waals surface area contributed by atoms with E-state index in [1.165, 1.54) is 0 Å². The zero-order valence-corrected chi connectivity index (χ0v) is 14.4. The Morgan fingerprint density at radius 2 is 2.21 bits per heavy atom. The number of benzene rings is 1. The second kappa shape index (κ2) is 6.95. The number of hydrogen-bond acceptors (Lipinski definition) is 4. The molecule has 6 heteroatoms. The number of para-hydroxylation sites is 1. The third kappa shape index (κ3) is 3.22. The SMILES string of the molecule is CCCCN(Cc1cccc2c1OCO2)C(=O)c1cc(C)nn1C. The Morgan fingerprint density at radius 3 is 2.92 bits per heavy atom. The van der Waals surface area contributed by atoms with Crippen molar-refractivity contribution in [2.75, 3.05) is 13.3 Å². The first-order chi connectivity index (χ1) is 11.6. The van der Waals surface area contributed by atoms with Crippen LogP contribution in [0.15, 0.2) is 24.3 Å². The Morgan fingerprint density at radius 1 is 1.38 bits per heavy atom. The molecule has 0 atom stereocenters. The van der Waals surface area contributed by atoms with Gasteiger partial charge in [-0.05, 0) is 25.5 Å². The fourth-order valence-corrected chi connectivity index (χ4v) is 2.89. The van der Waals surface area contributed by atoms with Gasteiger partial charge in [-0.2, -0.15) is 5.10 Å². The molecule has 6 nitrogen and oxygen atoms in total. The quantitative estimate of drug-likeness (QED) is 0.818. The molecule has 0 bridgehead atoms. The molecule has 0 N–H and O–H groups in total. The highest BCUT2D eigenvalue weighted by Gasteiger charge is 2.23. The maximum atomic E-state index is 13.0. The summed E-state index contributed by atoms with van der Waals surface area (Å²) in [6.45, 7) is 5.44. The summed E-state index contributed by atoms with van der Waals surface area (Å²) in [6.07, 6.45) is 1.98. The molecule has 0 saturated heterocycles. The number of fused-ring (bicyclic) bond motifs is 1. The molecule has 1 amide bonds. The van der Waals surface area contributed by atoms with Crippen molar-refractivity contribution in [3.05, 3.63) is 41.2 Å². The van der Waals surface area contributed by atoms with E-state index in [0.29, 0.717) is 18.8 Å². The summed E-state index contributed by atoms with van der Waals surface area (Å²) in [4.78, 5) is 14.8. The molecule has 0 aliphatic carbocycles. The Balaban J connectivity index is 1.86. The first-order valence-electron chi connectivity index (χ1n) is 8.27. The summed E-state index contributed by atoms with van der Waals surface area (Å²) < 4.78 is 12.6. The maximum Gasteiger partial charge on any atom is 0.272 e. The number of carbonyl (C=O) groups excluding carboxylic acids is 1. The normalized spacial score (nSPS) is 12.5. The monoisotopic (exact) mass is 329 g/mol. The Hall–Kier alpha value is -2.50. The summed E-state index contributed by atoms with van der Waals surface area (Å²) in [5, 5.41) is 4.28. The van der Waals surface area contributed by atoms with Gasteiger partial charge < -0.3 is 14.4 Å². The molecule has 0 unspecified atom stereocenters. The van der Waals surface area contributed by atoms with Crippen molar-refractivity contribution in [3.63, 3.8) is 0 Å². The zero-order valence-electron chi connectivity index (χ0n) is 14.4. The minimum atomic E-state index is -0.0110. The number of hydrogen-bond donors (Lipinski definition) is 0. The van der Waals surface area contributed by atoms with Gasteiger partial charge in [0.25, 0.3) is 5.91 Å². The van der Waals surface area contributed by atoms with Gasteiger partial charge >= 0.3 is 0 Å². The van der Waals surface area contributed by atoms with E-state index in [4.69, 9.17) is 9.47 Å². The minimum Gasteiger partial charge on any atom is -0.454 e. The molecular weight excluding hydrogens is 306 g/mol. The first kappa shape index (κ1) is 16.4. The van der Waals surface area contributed by atoms with Crippen molar-refractivity contribution in [1.29, 1.82) is 0 Å². The average Bonchev–Trinajstić information content (AvgIpc) is 3.17. The number of aryl methyl sites for hydroxylation is 2. The summed E-state index contributed by atoms with van der Waals surface area (Å²) in [7, 11) is 1.80. The lowest BCUT2D eigenvalue weighted by Crippen LogP contribution is -2.33. The molecule has 0 fully saturated rings. The maximum absolute atomic E-state index is 13.0. The highest BCUT2D eigenvalue weighted by atomic mass is 16.7. The second-order valence-electron chi connectivity index (χ2n) is 6.03. The second-order valence-corrected chi connectivity index (χ2v) is 6.03. The number of rotatable bonds is 6. The van der Waals surface area contributed by atoms with Crippen LogP contribution in [0, 0.1) is 6.92 Å². The van der Waals surface area contributed by atoms with Gasteiger partial charge in [0.1, 0.15) is 5.69 Å². The van der Waals surface area contributed by atoms with E-state index < -0.39 is 0 Å². The molecule has 0 saturated carbocycles. The van der Waals surface area contributed by atoms with Gasteiger partial charge in [0.15, 0.2) is 11.5 Å². The van der Waals surface area contributed by atoms with Gasteiger partial charge in [-0.3, -0.25) is 9.48 Å². The van der Waals surface area contributed by atoms with Gasteiger partial charge in [0.2, 0.25) is 6.79 Å². The number of amides is 1. The van der Waals surface area contributed by atoms with E-state index >= 15 is 0 Å². The molecule has 24 heavy (non-hydrogen) atoms. The highest BCUT2D eigenvalue weighted by Crippen LogP contribution is 2.36. The largest absolute Gasteiger partial charge is 0.454 e. The van der Waals surface area contributed by atoms with Crippen molar-refractivity contribution in [1.82, 2.24) is 14.7 Å². The predicted octanol–water partition coefficient (Wildman–Crippen LogP) is 2.90. The molecule has 1 aliphatic rings. The van der Waals surface area contributed by atoms with E-state index in [9.17, 15) is 4.79 Å². The van der Waals surface area contributed by atoms with Gasteiger partial charge in [-0.15, -0.1) is 0 Å². The van der Waals surface area contributed by atoms with Crippen LogP contribution >= 0.6 is 0 Å². The van der Waals surface area contributed by atoms with Crippen LogP contribution in [0.1, 0.15) is 41.5 Å². The number of carbonyl (C=O) groups is 1. The summed E-state index contributed by atoms with van der Waals surface area (Å²) in [6, 6.07) is 7.62. The molecule has 2 heterocycles. The molecule has 0 radical (unpaired) electrons. The van der Waals surface area contributed by atoms with Crippen LogP contribution in [-0.2, 0) is 13.6 Å². The summed E-state index contributed by atoms with van der Waals surface area (Å²) >= 11 is 0.